The molecule has 9 nitrogen and oxygen atoms in total. The van der Waals surface area contributed by atoms with Crippen LogP contribution in [0.2, 0.25) is 0 Å². The molecule has 2 heterocycles. The van der Waals surface area contributed by atoms with Crippen LogP contribution in [-0.2, 0) is 4.79 Å². The zero-order chi connectivity index (χ0) is 18.1. The van der Waals surface area contributed by atoms with E-state index in [4.69, 9.17) is 9.47 Å². The van der Waals surface area contributed by atoms with E-state index in [-0.39, 0.29) is 0 Å². The van der Waals surface area contributed by atoms with Crippen molar-refractivity contribution in [1.29, 1.82) is 0 Å². The molecule has 0 saturated carbocycles. The zero-order valence-electron chi connectivity index (χ0n) is 14.2. The maximum absolute atomic E-state index is 12.4. The average Bonchev–Trinajstić information content (AvgIpc) is 2.59. The Hall–Kier alpha value is -2.97. The Morgan fingerprint density at radius 1 is 1.16 bits per heavy atom. The predicted molar refractivity (Wildman–Crippen MR) is 87.2 cm³/mol. The number of ether oxygens (including phenoxy) is 2. The fourth-order valence-corrected chi connectivity index (χ4v) is 3.16. The monoisotopic (exact) mass is 348 g/mol. The van der Waals surface area contributed by atoms with E-state index in [1.54, 1.807) is 18.2 Å². The van der Waals surface area contributed by atoms with E-state index in [1.807, 2.05) is 6.92 Å². The molecule has 2 saturated heterocycles. The summed E-state index contributed by atoms with van der Waals surface area (Å²) in [4.78, 5) is 37.6. The largest absolute Gasteiger partial charge is 0.493 e. The van der Waals surface area contributed by atoms with E-state index in [0.29, 0.717) is 23.7 Å². The molecule has 3 unspecified atom stereocenters. The number of carbonyl (C=O) groups excluding carboxylic acids is 3. The number of imide groups is 1. The molecule has 3 N–H and O–H groups in total. The summed E-state index contributed by atoms with van der Waals surface area (Å²) in [6, 6.07) is 3.61. The highest BCUT2D eigenvalue weighted by Gasteiger charge is 2.48. The van der Waals surface area contributed by atoms with Crippen LogP contribution in [0.3, 0.4) is 0 Å². The molecule has 1 aromatic rings. The van der Waals surface area contributed by atoms with Crippen LogP contribution >= 0.6 is 0 Å². The number of carbonyl (C=O) groups is 3. The van der Waals surface area contributed by atoms with Gasteiger partial charge in [-0.15, -0.1) is 0 Å². The van der Waals surface area contributed by atoms with Crippen molar-refractivity contribution in [2.75, 3.05) is 20.8 Å². The van der Waals surface area contributed by atoms with E-state index >= 15 is 0 Å². The minimum atomic E-state index is -0.724. The Morgan fingerprint density at radius 2 is 1.92 bits per heavy atom. The topological polar surface area (TPSA) is 109 Å². The van der Waals surface area contributed by atoms with E-state index < -0.39 is 36.1 Å². The Balaban J connectivity index is 2.00. The van der Waals surface area contributed by atoms with Crippen molar-refractivity contribution in [2.24, 2.45) is 5.92 Å². The minimum absolute atomic E-state index is 0.445. The molecule has 1 aromatic carbocycles. The van der Waals surface area contributed by atoms with E-state index in [1.165, 1.54) is 19.1 Å². The van der Waals surface area contributed by atoms with Gasteiger partial charge in [0.15, 0.2) is 11.5 Å². The van der Waals surface area contributed by atoms with Gasteiger partial charge in [0.05, 0.1) is 19.8 Å². The van der Waals surface area contributed by atoms with E-state index in [9.17, 15) is 14.4 Å². The van der Waals surface area contributed by atoms with Crippen LogP contribution in [0.4, 0.5) is 9.59 Å². The second kappa shape index (κ2) is 6.50. The van der Waals surface area contributed by atoms with Gasteiger partial charge in [-0.2, -0.15) is 0 Å². The first-order chi connectivity index (χ1) is 12.0. The van der Waals surface area contributed by atoms with Crippen molar-refractivity contribution >= 4 is 18.0 Å². The van der Waals surface area contributed by atoms with Crippen molar-refractivity contribution in [3.05, 3.63) is 23.8 Å². The Bertz CT molecular complexity index is 722. The third-order valence-corrected chi connectivity index (χ3v) is 4.38. The quantitative estimate of drug-likeness (QED) is 0.737. The van der Waals surface area contributed by atoms with Crippen LogP contribution in [0.15, 0.2) is 18.2 Å². The highest BCUT2D eigenvalue weighted by atomic mass is 16.5. The molecule has 2 aliphatic rings. The molecule has 25 heavy (non-hydrogen) atoms. The summed E-state index contributed by atoms with van der Waals surface area (Å²) in [6.07, 6.45) is -0.724. The van der Waals surface area contributed by atoms with Gasteiger partial charge in [-0.1, -0.05) is 6.07 Å². The number of fused-ring (bicyclic) bond motifs is 1. The predicted octanol–water partition coefficient (Wildman–Crippen LogP) is 0.572. The highest BCUT2D eigenvalue weighted by Crippen LogP contribution is 2.36. The van der Waals surface area contributed by atoms with Gasteiger partial charge in [-0.25, -0.2) is 9.59 Å². The van der Waals surface area contributed by atoms with E-state index in [2.05, 4.69) is 16.0 Å². The summed E-state index contributed by atoms with van der Waals surface area (Å²) < 4.78 is 10.8. The fraction of sp³-hybridized carbons (Fsp3) is 0.438. The van der Waals surface area contributed by atoms with Crippen LogP contribution < -0.4 is 25.4 Å². The number of hydrogen-bond acceptors (Lipinski definition) is 5. The Labute approximate surface area is 144 Å². The summed E-state index contributed by atoms with van der Waals surface area (Å²) in [5.41, 5.74) is 0.687. The molecule has 2 aliphatic heterocycles. The van der Waals surface area contributed by atoms with Gasteiger partial charge in [0, 0.05) is 7.05 Å². The average molecular weight is 348 g/mol. The van der Waals surface area contributed by atoms with Crippen LogP contribution in [0.5, 0.6) is 11.5 Å². The Morgan fingerprint density at radius 3 is 2.60 bits per heavy atom. The third kappa shape index (κ3) is 2.92. The first-order valence-corrected chi connectivity index (χ1v) is 7.91. The molecular formula is C16H20N4O5. The molecule has 2 fully saturated rings. The molecule has 0 bridgehead atoms. The van der Waals surface area contributed by atoms with Gasteiger partial charge >= 0.3 is 12.1 Å². The lowest BCUT2D eigenvalue weighted by Crippen LogP contribution is -2.71. The Kier molecular flexibility index (Phi) is 4.39. The normalized spacial score (nSPS) is 25.5. The molecule has 3 rings (SSSR count). The molecular weight excluding hydrogens is 328 g/mol. The number of urea groups is 2. The lowest BCUT2D eigenvalue weighted by Gasteiger charge is -2.45. The number of benzene rings is 1. The number of methoxy groups -OCH3 is 1. The lowest BCUT2D eigenvalue weighted by atomic mass is 9.86. The van der Waals surface area contributed by atoms with Crippen molar-refractivity contribution in [3.8, 4) is 11.5 Å². The van der Waals surface area contributed by atoms with Gasteiger partial charge < -0.3 is 25.0 Å². The molecule has 0 aromatic heterocycles. The van der Waals surface area contributed by atoms with Crippen molar-refractivity contribution in [1.82, 2.24) is 20.9 Å². The van der Waals surface area contributed by atoms with Gasteiger partial charge in [-0.3, -0.25) is 10.1 Å². The van der Waals surface area contributed by atoms with Gasteiger partial charge in [-0.05, 0) is 24.6 Å². The number of nitrogens with zero attached hydrogens (tertiary/aromatic N) is 1. The van der Waals surface area contributed by atoms with Crippen LogP contribution in [0, 0.1) is 5.92 Å². The summed E-state index contributed by atoms with van der Waals surface area (Å²) in [5, 5.41) is 7.69. The standard InChI is InChI=1S/C16H20N4O5/c1-4-25-10-7-8(5-6-9(10)24-3)12-11-13(18-15(22)17-12)20(2)16(23)19-14(11)21/h5-7,11-13H,4H2,1-3H3,(H2,17,18,22)(H,19,21,23). The molecule has 0 aliphatic carbocycles. The summed E-state index contributed by atoms with van der Waals surface area (Å²) in [7, 11) is 3.07. The molecule has 134 valence electrons. The minimum Gasteiger partial charge on any atom is -0.493 e. The second-order valence-electron chi connectivity index (χ2n) is 5.81. The maximum Gasteiger partial charge on any atom is 0.325 e. The number of amides is 5. The van der Waals surface area contributed by atoms with Crippen LogP contribution in [-0.4, -0.2) is 49.8 Å². The van der Waals surface area contributed by atoms with Crippen molar-refractivity contribution < 1.29 is 23.9 Å². The van der Waals surface area contributed by atoms with Gasteiger partial charge in [0.1, 0.15) is 12.1 Å². The summed E-state index contributed by atoms with van der Waals surface area (Å²) in [5.74, 6) is -0.0436. The summed E-state index contributed by atoms with van der Waals surface area (Å²) >= 11 is 0. The van der Waals surface area contributed by atoms with Crippen LogP contribution in [0.25, 0.3) is 0 Å². The van der Waals surface area contributed by atoms with Crippen LogP contribution in [0.1, 0.15) is 18.5 Å². The van der Waals surface area contributed by atoms with Crippen molar-refractivity contribution in [3.63, 3.8) is 0 Å². The lowest BCUT2D eigenvalue weighted by molar-refractivity contribution is -0.130. The molecule has 9 heteroatoms. The molecule has 0 radical (unpaired) electrons. The summed E-state index contributed by atoms with van der Waals surface area (Å²) in [6.45, 7) is 2.30. The fourth-order valence-electron chi connectivity index (χ4n) is 3.16. The molecule has 0 spiro atoms. The number of rotatable bonds is 4. The SMILES string of the molecule is CCOc1cc(C2NC(=O)NC3C2C(=O)NC(=O)N3C)ccc1OC. The highest BCUT2D eigenvalue weighted by molar-refractivity contribution is 6.00. The van der Waals surface area contributed by atoms with Crippen molar-refractivity contribution in [2.45, 2.75) is 19.1 Å². The maximum atomic E-state index is 12.4. The number of hydrogen-bond donors (Lipinski definition) is 3. The molecule has 3 atom stereocenters. The number of nitrogens with one attached hydrogen (secondary N) is 3. The van der Waals surface area contributed by atoms with Gasteiger partial charge in [0.2, 0.25) is 5.91 Å². The molecule has 5 amide bonds. The first kappa shape index (κ1) is 16.9. The van der Waals surface area contributed by atoms with E-state index in [0.717, 1.165) is 0 Å². The third-order valence-electron chi connectivity index (χ3n) is 4.38. The zero-order valence-corrected chi connectivity index (χ0v) is 14.2. The smallest absolute Gasteiger partial charge is 0.325 e. The van der Waals surface area contributed by atoms with Gasteiger partial charge in [0.25, 0.3) is 0 Å². The second-order valence-corrected chi connectivity index (χ2v) is 5.81. The first-order valence-electron chi connectivity index (χ1n) is 7.91.